The molecule has 2 aromatic rings. The third kappa shape index (κ3) is 6.62. The molecule has 0 amide bonds. The molecule has 3 atom stereocenters. The highest BCUT2D eigenvalue weighted by Crippen LogP contribution is 2.33. The van der Waals surface area contributed by atoms with Crippen molar-refractivity contribution in [2.24, 2.45) is 11.1 Å². The Bertz CT molecular complexity index is 744. The molecular weight excluding hydrogens is 406 g/mol. The van der Waals surface area contributed by atoms with E-state index in [1.807, 2.05) is 6.07 Å². The molecule has 0 aromatic heterocycles. The smallest absolute Gasteiger partial charge is 0.145 e. The van der Waals surface area contributed by atoms with Crippen LogP contribution in [0, 0.1) is 11.2 Å². The third-order valence-electron chi connectivity index (χ3n) is 4.53. The summed E-state index contributed by atoms with van der Waals surface area (Å²) >= 11 is 17.0. The van der Waals surface area contributed by atoms with E-state index in [9.17, 15) is 4.39 Å². The standard InChI is InChI=1S/C15H22ClFN2.C6H4Cl2/c1-15(2,3)7-12-14(18)10(8-19-12)9-5-4-6-11(16)13(9)17;7-5-2-1-3-6(8)4-5/h4-6,10,12,14,19H,7-8,18H2,1-3H3;1-4H. The molecule has 3 N–H and O–H groups in total. The van der Waals surface area contributed by atoms with E-state index in [2.05, 4.69) is 26.1 Å². The van der Waals surface area contributed by atoms with Crippen molar-refractivity contribution in [1.82, 2.24) is 5.32 Å². The van der Waals surface area contributed by atoms with Gasteiger partial charge < -0.3 is 11.1 Å². The second-order valence-corrected chi connectivity index (χ2v) is 9.33. The van der Waals surface area contributed by atoms with Crippen LogP contribution in [0.25, 0.3) is 0 Å². The Labute approximate surface area is 176 Å². The highest BCUT2D eigenvalue weighted by molar-refractivity contribution is 6.34. The Kier molecular flexibility index (Phi) is 7.96. The summed E-state index contributed by atoms with van der Waals surface area (Å²) in [5.74, 6) is -0.339. The molecular formula is C21H26Cl3FN2. The van der Waals surface area contributed by atoms with E-state index < -0.39 is 0 Å². The normalized spacial score (nSPS) is 22.3. The van der Waals surface area contributed by atoms with Gasteiger partial charge in [-0.3, -0.25) is 0 Å². The van der Waals surface area contributed by atoms with Crippen LogP contribution >= 0.6 is 34.8 Å². The van der Waals surface area contributed by atoms with E-state index in [1.165, 1.54) is 0 Å². The number of benzene rings is 2. The van der Waals surface area contributed by atoms with Gasteiger partial charge in [0, 0.05) is 34.6 Å². The first-order valence-corrected chi connectivity index (χ1v) is 10.1. The zero-order chi connectivity index (χ0) is 20.2. The molecule has 1 heterocycles. The monoisotopic (exact) mass is 430 g/mol. The largest absolute Gasteiger partial charge is 0.326 e. The van der Waals surface area contributed by atoms with Gasteiger partial charge in [-0.05, 0) is 41.7 Å². The van der Waals surface area contributed by atoms with Crippen LogP contribution in [-0.4, -0.2) is 18.6 Å². The molecule has 1 aliphatic rings. The number of hydrogen-bond acceptors (Lipinski definition) is 2. The van der Waals surface area contributed by atoms with Crippen molar-refractivity contribution in [3.63, 3.8) is 0 Å². The number of nitrogens with one attached hydrogen (secondary N) is 1. The number of halogens is 4. The van der Waals surface area contributed by atoms with E-state index in [4.69, 9.17) is 40.5 Å². The first-order chi connectivity index (χ1) is 12.6. The lowest BCUT2D eigenvalue weighted by molar-refractivity contribution is 0.310. The maximum Gasteiger partial charge on any atom is 0.145 e. The molecule has 1 aliphatic heterocycles. The molecule has 0 radical (unpaired) electrons. The molecule has 3 unspecified atom stereocenters. The molecule has 148 valence electrons. The third-order valence-corrected chi connectivity index (χ3v) is 5.29. The van der Waals surface area contributed by atoms with E-state index >= 15 is 0 Å². The average Bonchev–Trinajstić information content (AvgIpc) is 2.90. The van der Waals surface area contributed by atoms with Gasteiger partial charge in [-0.1, -0.05) is 73.8 Å². The van der Waals surface area contributed by atoms with Crippen molar-refractivity contribution in [2.75, 3.05) is 6.54 Å². The Morgan fingerprint density at radius 1 is 1.07 bits per heavy atom. The first kappa shape index (κ1) is 22.4. The molecule has 1 saturated heterocycles. The van der Waals surface area contributed by atoms with E-state index in [0.29, 0.717) is 22.2 Å². The van der Waals surface area contributed by atoms with Gasteiger partial charge in [-0.25, -0.2) is 4.39 Å². The van der Waals surface area contributed by atoms with Crippen LogP contribution in [0.5, 0.6) is 0 Å². The van der Waals surface area contributed by atoms with Crippen molar-refractivity contribution in [2.45, 2.75) is 45.2 Å². The quantitative estimate of drug-likeness (QED) is 0.586. The number of nitrogens with two attached hydrogens (primary N) is 1. The summed E-state index contributed by atoms with van der Waals surface area (Å²) in [7, 11) is 0. The van der Waals surface area contributed by atoms with Gasteiger partial charge in [0.25, 0.3) is 0 Å². The van der Waals surface area contributed by atoms with Gasteiger partial charge in [-0.2, -0.15) is 0 Å². The van der Waals surface area contributed by atoms with Gasteiger partial charge in [0.15, 0.2) is 0 Å². The fraction of sp³-hybridized carbons (Fsp3) is 0.429. The fourth-order valence-electron chi connectivity index (χ4n) is 3.28. The summed E-state index contributed by atoms with van der Waals surface area (Å²) in [4.78, 5) is 0. The van der Waals surface area contributed by atoms with Crippen LogP contribution in [0.3, 0.4) is 0 Å². The van der Waals surface area contributed by atoms with Gasteiger partial charge in [0.05, 0.1) is 5.02 Å². The highest BCUT2D eigenvalue weighted by Gasteiger charge is 2.37. The molecule has 0 spiro atoms. The van der Waals surface area contributed by atoms with Crippen LogP contribution < -0.4 is 11.1 Å². The second-order valence-electron chi connectivity index (χ2n) is 8.05. The topological polar surface area (TPSA) is 38.0 Å². The summed E-state index contributed by atoms with van der Waals surface area (Å²) in [5, 5.41) is 4.95. The van der Waals surface area contributed by atoms with Crippen LogP contribution in [0.4, 0.5) is 4.39 Å². The SMILES string of the molecule is CC(C)(C)CC1NCC(c2cccc(Cl)c2F)C1N.Clc1cccc(Cl)c1. The van der Waals surface area contributed by atoms with Crippen molar-refractivity contribution >= 4 is 34.8 Å². The lowest BCUT2D eigenvalue weighted by Gasteiger charge is -2.27. The maximum atomic E-state index is 14.1. The Hall–Kier alpha value is -0.840. The van der Waals surface area contributed by atoms with E-state index in [1.54, 1.807) is 36.4 Å². The summed E-state index contributed by atoms with van der Waals surface area (Å²) < 4.78 is 14.1. The molecule has 2 nitrogen and oxygen atoms in total. The average molecular weight is 432 g/mol. The molecule has 3 rings (SSSR count). The molecule has 0 bridgehead atoms. The number of hydrogen-bond donors (Lipinski definition) is 2. The summed E-state index contributed by atoms with van der Waals surface area (Å²) in [6, 6.07) is 12.4. The minimum atomic E-state index is -0.331. The summed E-state index contributed by atoms with van der Waals surface area (Å²) in [5.41, 5.74) is 7.14. The van der Waals surface area contributed by atoms with Crippen LogP contribution in [0.1, 0.15) is 38.7 Å². The van der Waals surface area contributed by atoms with Gasteiger partial charge >= 0.3 is 0 Å². The molecule has 0 aliphatic carbocycles. The minimum Gasteiger partial charge on any atom is -0.326 e. The summed E-state index contributed by atoms with van der Waals surface area (Å²) in [6.45, 7) is 7.28. The zero-order valence-corrected chi connectivity index (χ0v) is 18.0. The Balaban J connectivity index is 0.000000273. The van der Waals surface area contributed by atoms with Gasteiger partial charge in [0.2, 0.25) is 0 Å². The van der Waals surface area contributed by atoms with Crippen molar-refractivity contribution in [3.05, 3.63) is 68.9 Å². The second kappa shape index (κ2) is 9.58. The predicted octanol–water partition coefficient (Wildman–Crippen LogP) is 6.29. The summed E-state index contributed by atoms with van der Waals surface area (Å²) in [6.07, 6.45) is 0.979. The van der Waals surface area contributed by atoms with Gasteiger partial charge in [0.1, 0.15) is 5.82 Å². The molecule has 27 heavy (non-hydrogen) atoms. The number of rotatable bonds is 2. The predicted molar refractivity (Wildman–Crippen MR) is 114 cm³/mol. The van der Waals surface area contributed by atoms with Crippen molar-refractivity contribution in [3.8, 4) is 0 Å². The Morgan fingerprint density at radius 2 is 1.67 bits per heavy atom. The van der Waals surface area contributed by atoms with Crippen LogP contribution in [0.15, 0.2) is 42.5 Å². The molecule has 6 heteroatoms. The first-order valence-electron chi connectivity index (χ1n) is 8.92. The van der Waals surface area contributed by atoms with E-state index in [-0.39, 0.29) is 34.3 Å². The lowest BCUT2D eigenvalue weighted by Crippen LogP contribution is -2.40. The molecule has 1 fully saturated rings. The zero-order valence-electron chi connectivity index (χ0n) is 15.8. The van der Waals surface area contributed by atoms with Gasteiger partial charge in [-0.15, -0.1) is 0 Å². The van der Waals surface area contributed by atoms with Crippen molar-refractivity contribution in [1.29, 1.82) is 0 Å². The van der Waals surface area contributed by atoms with Crippen LogP contribution in [0.2, 0.25) is 15.1 Å². The van der Waals surface area contributed by atoms with Crippen LogP contribution in [-0.2, 0) is 0 Å². The van der Waals surface area contributed by atoms with Crippen molar-refractivity contribution < 1.29 is 4.39 Å². The van der Waals surface area contributed by atoms with E-state index in [0.717, 1.165) is 6.42 Å². The minimum absolute atomic E-state index is 0.00829. The lowest BCUT2D eigenvalue weighted by atomic mass is 9.83. The molecule has 0 saturated carbocycles. The molecule has 2 aromatic carbocycles. The highest BCUT2D eigenvalue weighted by atomic mass is 35.5. The fourth-order valence-corrected chi connectivity index (χ4v) is 3.90. The maximum absolute atomic E-state index is 14.1. The Morgan fingerprint density at radius 3 is 2.19 bits per heavy atom.